The lowest BCUT2D eigenvalue weighted by Gasteiger charge is -2.28. The van der Waals surface area contributed by atoms with Gasteiger partial charge >= 0.3 is 11.9 Å². The predicted molar refractivity (Wildman–Crippen MR) is 231 cm³/mol. The van der Waals surface area contributed by atoms with Crippen LogP contribution < -0.4 is 5.32 Å². The van der Waals surface area contributed by atoms with E-state index in [2.05, 4.69) is 39.9 Å². The largest absolute Gasteiger partial charge is 0.466 e. The maximum absolute atomic E-state index is 12.4. The number of likely N-dealkylation sites (N-methyl/N-ethyl adjacent to an activating group) is 1. The molecule has 0 aliphatic carbocycles. The number of ether oxygens (including phenoxy) is 4. The quantitative estimate of drug-likeness (QED) is 0.0489. The first-order valence-electron chi connectivity index (χ1n) is 24.2. The Labute approximate surface area is 341 Å². The molecule has 0 bridgehead atoms. The minimum atomic E-state index is -0.469. The Morgan fingerprint density at radius 1 is 0.545 bits per heavy atom. The summed E-state index contributed by atoms with van der Waals surface area (Å²) in [5.74, 6) is 0.901. The molecule has 1 rings (SSSR count). The van der Waals surface area contributed by atoms with Crippen LogP contribution in [-0.2, 0) is 28.5 Å². The van der Waals surface area contributed by atoms with Gasteiger partial charge in [0.1, 0.15) is 0 Å². The topological polar surface area (TPSA) is 83.1 Å². The number of rotatable bonds is 41. The van der Waals surface area contributed by atoms with Gasteiger partial charge in [-0.1, -0.05) is 176 Å². The van der Waals surface area contributed by atoms with Crippen molar-refractivity contribution in [2.45, 2.75) is 252 Å². The van der Waals surface area contributed by atoms with Crippen LogP contribution in [0.5, 0.6) is 0 Å². The number of nitrogens with one attached hydrogen (secondary N) is 1. The molecule has 0 aromatic rings. The SMILES string of the molecule is CCCCCC(CCCCC)CCOC(=O)CCCCCCCC1(CCCCCCCC(=O)OCCC(CCCCC)CCCCC)OCC(CNCC)O1. The standard InChI is InChI=1S/C48H93NO6/c1-6-11-21-29-43(30-22-12-7-2)35-39-52-46(50)33-25-17-15-19-27-37-48(54-42-45(55-48)41-49-10-5)38-28-20-16-18-26-34-47(51)53-40-36-44(31-23-13-8-3)32-24-14-9-4/h43-45,49H,6-42H2,1-5H3. The summed E-state index contributed by atoms with van der Waals surface area (Å²) in [4.78, 5) is 24.8. The summed E-state index contributed by atoms with van der Waals surface area (Å²) in [5, 5.41) is 3.42. The highest BCUT2D eigenvalue weighted by atomic mass is 16.7. The van der Waals surface area contributed by atoms with Crippen LogP contribution >= 0.6 is 0 Å². The smallest absolute Gasteiger partial charge is 0.305 e. The molecular formula is C48H93NO6. The lowest BCUT2D eigenvalue weighted by molar-refractivity contribution is -0.179. The summed E-state index contributed by atoms with van der Waals surface area (Å²) >= 11 is 0. The molecular weight excluding hydrogens is 687 g/mol. The van der Waals surface area contributed by atoms with Gasteiger partial charge in [-0.05, 0) is 56.9 Å². The molecule has 1 aliphatic heterocycles. The van der Waals surface area contributed by atoms with Gasteiger partial charge in [-0.2, -0.15) is 0 Å². The fourth-order valence-corrected chi connectivity index (χ4v) is 8.22. The monoisotopic (exact) mass is 780 g/mol. The minimum Gasteiger partial charge on any atom is -0.466 e. The summed E-state index contributed by atoms with van der Waals surface area (Å²) in [6, 6.07) is 0. The van der Waals surface area contributed by atoms with E-state index in [0.29, 0.717) is 44.5 Å². The molecule has 7 nitrogen and oxygen atoms in total. The van der Waals surface area contributed by atoms with E-state index in [4.69, 9.17) is 18.9 Å². The molecule has 0 spiro atoms. The highest BCUT2D eigenvalue weighted by Gasteiger charge is 2.40. The number of hydrogen-bond acceptors (Lipinski definition) is 7. The number of carbonyl (C=O) groups is 2. The van der Waals surface area contributed by atoms with Gasteiger partial charge in [-0.3, -0.25) is 9.59 Å². The molecule has 1 fully saturated rings. The van der Waals surface area contributed by atoms with Crippen molar-refractivity contribution in [3.8, 4) is 0 Å². The van der Waals surface area contributed by atoms with Gasteiger partial charge in [0.15, 0.2) is 5.79 Å². The minimum absolute atomic E-state index is 0.0195. The molecule has 1 atom stereocenters. The number of hydrogen-bond donors (Lipinski definition) is 1. The average Bonchev–Trinajstić information content (AvgIpc) is 3.59. The van der Waals surface area contributed by atoms with Crippen LogP contribution in [-0.4, -0.2) is 56.7 Å². The maximum atomic E-state index is 12.4. The molecule has 326 valence electrons. The molecule has 0 saturated carbocycles. The molecule has 1 aliphatic rings. The van der Waals surface area contributed by atoms with Crippen LogP contribution in [0.1, 0.15) is 240 Å². The summed E-state index contributed by atoms with van der Waals surface area (Å²) in [6.45, 7) is 14.8. The van der Waals surface area contributed by atoms with Crippen molar-refractivity contribution < 1.29 is 28.5 Å². The van der Waals surface area contributed by atoms with E-state index in [1.54, 1.807) is 0 Å². The highest BCUT2D eigenvalue weighted by molar-refractivity contribution is 5.69. The molecule has 1 N–H and O–H groups in total. The molecule has 0 radical (unpaired) electrons. The van der Waals surface area contributed by atoms with E-state index in [1.807, 2.05) is 0 Å². The first-order chi connectivity index (χ1) is 26.9. The van der Waals surface area contributed by atoms with Crippen molar-refractivity contribution >= 4 is 11.9 Å². The zero-order valence-electron chi connectivity index (χ0n) is 37.3. The van der Waals surface area contributed by atoms with Crippen LogP contribution in [0.3, 0.4) is 0 Å². The first-order valence-corrected chi connectivity index (χ1v) is 24.2. The van der Waals surface area contributed by atoms with Crippen LogP contribution in [0, 0.1) is 11.8 Å². The Morgan fingerprint density at radius 3 is 1.35 bits per heavy atom. The van der Waals surface area contributed by atoms with Crippen molar-refractivity contribution in [3.05, 3.63) is 0 Å². The van der Waals surface area contributed by atoms with E-state index < -0.39 is 5.79 Å². The van der Waals surface area contributed by atoms with Crippen molar-refractivity contribution in [2.24, 2.45) is 11.8 Å². The van der Waals surface area contributed by atoms with Crippen LogP contribution in [0.15, 0.2) is 0 Å². The van der Waals surface area contributed by atoms with Gasteiger partial charge in [0.2, 0.25) is 0 Å². The van der Waals surface area contributed by atoms with Gasteiger partial charge in [0.05, 0.1) is 25.9 Å². The van der Waals surface area contributed by atoms with Crippen LogP contribution in [0.2, 0.25) is 0 Å². The zero-order chi connectivity index (χ0) is 40.1. The molecule has 7 heteroatoms. The Balaban J connectivity index is 2.27. The van der Waals surface area contributed by atoms with E-state index in [9.17, 15) is 9.59 Å². The van der Waals surface area contributed by atoms with Gasteiger partial charge in [0, 0.05) is 32.2 Å². The molecule has 1 saturated heterocycles. The van der Waals surface area contributed by atoms with Crippen LogP contribution in [0.25, 0.3) is 0 Å². The summed E-state index contributed by atoms with van der Waals surface area (Å²) < 4.78 is 24.3. The summed E-state index contributed by atoms with van der Waals surface area (Å²) in [7, 11) is 0. The summed E-state index contributed by atoms with van der Waals surface area (Å²) in [6.07, 6.45) is 36.3. The molecule has 55 heavy (non-hydrogen) atoms. The van der Waals surface area contributed by atoms with Crippen molar-refractivity contribution in [3.63, 3.8) is 0 Å². The number of esters is 2. The van der Waals surface area contributed by atoms with Crippen LogP contribution in [0.4, 0.5) is 0 Å². The number of unbranched alkanes of at least 4 members (excludes halogenated alkanes) is 16. The Hall–Kier alpha value is -1.18. The zero-order valence-corrected chi connectivity index (χ0v) is 37.3. The Kier molecular flexibility index (Phi) is 35.0. The van der Waals surface area contributed by atoms with Gasteiger partial charge < -0.3 is 24.3 Å². The predicted octanol–water partition coefficient (Wildman–Crippen LogP) is 13.6. The summed E-state index contributed by atoms with van der Waals surface area (Å²) in [5.41, 5.74) is 0. The van der Waals surface area contributed by atoms with E-state index in [0.717, 1.165) is 103 Å². The highest BCUT2D eigenvalue weighted by Crippen LogP contribution is 2.35. The third-order valence-electron chi connectivity index (χ3n) is 11.9. The maximum Gasteiger partial charge on any atom is 0.305 e. The molecule has 1 heterocycles. The van der Waals surface area contributed by atoms with Gasteiger partial charge in [0.25, 0.3) is 0 Å². The fraction of sp³-hybridized carbons (Fsp3) is 0.958. The van der Waals surface area contributed by atoms with Gasteiger partial charge in [-0.15, -0.1) is 0 Å². The molecule has 0 amide bonds. The second-order valence-electron chi connectivity index (χ2n) is 17.0. The van der Waals surface area contributed by atoms with Crippen molar-refractivity contribution in [2.75, 3.05) is 32.9 Å². The van der Waals surface area contributed by atoms with Crippen molar-refractivity contribution in [1.29, 1.82) is 0 Å². The van der Waals surface area contributed by atoms with E-state index in [-0.39, 0.29) is 18.0 Å². The number of carbonyl (C=O) groups excluding carboxylic acids is 2. The average molecular weight is 780 g/mol. The van der Waals surface area contributed by atoms with E-state index >= 15 is 0 Å². The molecule has 1 unspecified atom stereocenters. The first kappa shape index (κ1) is 51.8. The lowest BCUT2D eigenvalue weighted by Crippen LogP contribution is -2.34. The third kappa shape index (κ3) is 29.7. The fourth-order valence-electron chi connectivity index (χ4n) is 8.22. The second-order valence-corrected chi connectivity index (χ2v) is 17.0. The van der Waals surface area contributed by atoms with E-state index in [1.165, 1.54) is 103 Å². The Bertz CT molecular complexity index is 791. The van der Waals surface area contributed by atoms with Crippen molar-refractivity contribution in [1.82, 2.24) is 5.32 Å². The molecule has 0 aromatic heterocycles. The van der Waals surface area contributed by atoms with Gasteiger partial charge in [-0.25, -0.2) is 0 Å². The molecule has 0 aromatic carbocycles. The third-order valence-corrected chi connectivity index (χ3v) is 11.9. The lowest BCUT2D eigenvalue weighted by atomic mass is 9.92. The normalized spacial score (nSPS) is 15.4. The second kappa shape index (κ2) is 37.1. The Morgan fingerprint density at radius 2 is 0.945 bits per heavy atom.